The maximum Gasteiger partial charge on any atom is 0.417 e. The minimum atomic E-state index is -4.47. The summed E-state index contributed by atoms with van der Waals surface area (Å²) in [6.45, 7) is 3.41. The Morgan fingerprint density at radius 3 is 2.42 bits per heavy atom. The second-order valence-electron chi connectivity index (χ2n) is 9.97. The number of ether oxygens (including phenoxy) is 1. The molecule has 1 saturated heterocycles. The number of hydrogen-bond donors (Lipinski definition) is 2. The molecule has 192 valence electrons. The third kappa shape index (κ3) is 5.02. The molecule has 4 heterocycles. The summed E-state index contributed by atoms with van der Waals surface area (Å²) in [5, 5.41) is 9.40. The van der Waals surface area contributed by atoms with E-state index in [1.165, 1.54) is 0 Å². The van der Waals surface area contributed by atoms with Crippen molar-refractivity contribution in [1.29, 1.82) is 0 Å². The number of imidazole rings is 1. The minimum Gasteiger partial charge on any atom is -0.481 e. The maximum atomic E-state index is 12.9. The zero-order chi connectivity index (χ0) is 25.5. The number of halogens is 3. The van der Waals surface area contributed by atoms with Crippen molar-refractivity contribution in [2.24, 2.45) is 5.41 Å². The third-order valence-corrected chi connectivity index (χ3v) is 7.39. The number of pyridine rings is 2. The molecule has 1 aliphatic heterocycles. The summed E-state index contributed by atoms with van der Waals surface area (Å²) >= 11 is 0. The Kier molecular flexibility index (Phi) is 6.36. The first-order valence-corrected chi connectivity index (χ1v) is 12.1. The number of nitrogens with zero attached hydrogens (tertiary/aromatic N) is 4. The molecule has 0 bridgehead atoms. The average Bonchev–Trinajstić information content (AvgIpc) is 3.29. The number of piperidine rings is 1. The Morgan fingerprint density at radius 2 is 1.81 bits per heavy atom. The van der Waals surface area contributed by atoms with Crippen LogP contribution in [0.25, 0.3) is 22.6 Å². The standard InChI is InChI=1S/C25H28F3N5O3/c1-24(23(34)35)8-4-17(5-9-24)36-18-6-10-33(11-7-18)20-3-2-15(13-29-20)21-31-19-12-16(25(26,27)28)14-30-22(19)32-21/h2-3,12-14,17-18H,4-11H2,1H3,(H,34,35)(H,30,31,32)/t17-,24+. The van der Waals surface area contributed by atoms with Gasteiger partial charge in [-0.25, -0.2) is 15.0 Å². The van der Waals surface area contributed by atoms with Gasteiger partial charge in [0.05, 0.1) is 28.7 Å². The van der Waals surface area contributed by atoms with E-state index in [4.69, 9.17) is 4.74 Å². The monoisotopic (exact) mass is 503 g/mol. The number of fused-ring (bicyclic) bond motifs is 1. The predicted octanol–water partition coefficient (Wildman–Crippen LogP) is 5.06. The van der Waals surface area contributed by atoms with Crippen molar-refractivity contribution in [2.45, 2.75) is 63.8 Å². The van der Waals surface area contributed by atoms with E-state index < -0.39 is 23.1 Å². The van der Waals surface area contributed by atoms with Gasteiger partial charge in [0.2, 0.25) is 0 Å². The van der Waals surface area contributed by atoms with Crippen LogP contribution in [0.5, 0.6) is 0 Å². The van der Waals surface area contributed by atoms with Crippen LogP contribution in [-0.2, 0) is 15.7 Å². The third-order valence-electron chi connectivity index (χ3n) is 7.39. The van der Waals surface area contributed by atoms with Crippen molar-refractivity contribution in [2.75, 3.05) is 18.0 Å². The molecule has 11 heteroatoms. The summed E-state index contributed by atoms with van der Waals surface area (Å²) in [7, 11) is 0. The number of aromatic nitrogens is 4. The Labute approximate surface area is 205 Å². The van der Waals surface area contributed by atoms with Gasteiger partial charge < -0.3 is 19.7 Å². The summed E-state index contributed by atoms with van der Waals surface area (Å²) in [6, 6.07) is 4.73. The van der Waals surface area contributed by atoms with E-state index in [0.29, 0.717) is 24.2 Å². The Hall–Kier alpha value is -3.21. The molecule has 3 aromatic rings. The van der Waals surface area contributed by atoms with Gasteiger partial charge in [-0.2, -0.15) is 13.2 Å². The highest BCUT2D eigenvalue weighted by molar-refractivity contribution is 5.76. The predicted molar refractivity (Wildman–Crippen MR) is 126 cm³/mol. The highest BCUT2D eigenvalue weighted by atomic mass is 19.4. The first-order chi connectivity index (χ1) is 17.1. The lowest BCUT2D eigenvalue weighted by Gasteiger charge is -2.38. The Balaban J connectivity index is 1.16. The lowest BCUT2D eigenvalue weighted by Crippen LogP contribution is -2.41. The van der Waals surface area contributed by atoms with Gasteiger partial charge >= 0.3 is 12.1 Å². The van der Waals surface area contributed by atoms with Crippen LogP contribution >= 0.6 is 0 Å². The first kappa shape index (κ1) is 24.5. The molecule has 0 unspecified atom stereocenters. The molecule has 2 N–H and O–H groups in total. The van der Waals surface area contributed by atoms with Gasteiger partial charge in [-0.3, -0.25) is 4.79 Å². The lowest BCUT2D eigenvalue weighted by atomic mass is 9.75. The molecule has 2 fully saturated rings. The zero-order valence-electron chi connectivity index (χ0n) is 19.9. The second kappa shape index (κ2) is 9.34. The lowest BCUT2D eigenvalue weighted by molar-refractivity contribution is -0.152. The van der Waals surface area contributed by atoms with Crippen LogP contribution in [-0.4, -0.2) is 56.3 Å². The highest BCUT2D eigenvalue weighted by Gasteiger charge is 2.38. The number of carboxylic acids is 1. The minimum absolute atomic E-state index is 0.122. The van der Waals surface area contributed by atoms with E-state index in [2.05, 4.69) is 24.8 Å². The maximum absolute atomic E-state index is 12.9. The van der Waals surface area contributed by atoms with E-state index >= 15 is 0 Å². The molecule has 0 atom stereocenters. The number of aliphatic carboxylic acids is 1. The number of alkyl halides is 3. The first-order valence-electron chi connectivity index (χ1n) is 12.1. The highest BCUT2D eigenvalue weighted by Crippen LogP contribution is 2.38. The summed E-state index contributed by atoms with van der Waals surface area (Å²) in [6.07, 6.45) is 2.83. The van der Waals surface area contributed by atoms with Gasteiger partial charge in [0.15, 0.2) is 5.65 Å². The normalized spacial score (nSPS) is 23.8. The number of rotatable bonds is 5. The van der Waals surface area contributed by atoms with Gasteiger partial charge in [-0.05, 0) is 63.6 Å². The Morgan fingerprint density at radius 1 is 1.11 bits per heavy atom. The van der Waals surface area contributed by atoms with Crippen molar-refractivity contribution in [1.82, 2.24) is 19.9 Å². The van der Waals surface area contributed by atoms with Crippen molar-refractivity contribution < 1.29 is 27.8 Å². The molecule has 8 nitrogen and oxygen atoms in total. The summed E-state index contributed by atoms with van der Waals surface area (Å²) in [4.78, 5) is 29.2. The zero-order valence-corrected chi connectivity index (χ0v) is 19.9. The van der Waals surface area contributed by atoms with Crippen molar-refractivity contribution in [3.63, 3.8) is 0 Å². The number of anilines is 1. The number of aromatic amines is 1. The van der Waals surface area contributed by atoms with Crippen molar-refractivity contribution in [3.05, 3.63) is 36.2 Å². The molecule has 3 aromatic heterocycles. The molecular formula is C25H28F3N5O3. The molecular weight excluding hydrogens is 475 g/mol. The van der Waals surface area contributed by atoms with Crippen molar-refractivity contribution in [3.8, 4) is 11.4 Å². The van der Waals surface area contributed by atoms with Gasteiger partial charge in [-0.1, -0.05) is 0 Å². The summed E-state index contributed by atoms with van der Waals surface area (Å²) < 4.78 is 45.1. The van der Waals surface area contributed by atoms with Gasteiger partial charge in [0, 0.05) is 31.0 Å². The fourth-order valence-corrected chi connectivity index (χ4v) is 4.98. The molecule has 2 aliphatic rings. The number of H-pyrrole nitrogens is 1. The molecule has 1 saturated carbocycles. The quantitative estimate of drug-likeness (QED) is 0.502. The smallest absolute Gasteiger partial charge is 0.417 e. The van der Waals surface area contributed by atoms with E-state index in [9.17, 15) is 23.1 Å². The molecule has 0 radical (unpaired) electrons. The molecule has 5 rings (SSSR count). The van der Waals surface area contributed by atoms with Crippen LogP contribution < -0.4 is 4.90 Å². The topological polar surface area (TPSA) is 104 Å². The van der Waals surface area contributed by atoms with Crippen LogP contribution in [0.2, 0.25) is 0 Å². The summed E-state index contributed by atoms with van der Waals surface area (Å²) in [5.41, 5.74) is -0.361. The molecule has 0 aromatic carbocycles. The largest absolute Gasteiger partial charge is 0.481 e. The van der Waals surface area contributed by atoms with Crippen LogP contribution in [0, 0.1) is 5.41 Å². The number of hydrogen-bond acceptors (Lipinski definition) is 6. The number of carbonyl (C=O) groups is 1. The van der Waals surface area contributed by atoms with E-state index in [1.807, 2.05) is 19.1 Å². The van der Waals surface area contributed by atoms with E-state index in [-0.39, 0.29) is 23.4 Å². The molecule has 1 aliphatic carbocycles. The van der Waals surface area contributed by atoms with Crippen LogP contribution in [0.3, 0.4) is 0 Å². The molecule has 36 heavy (non-hydrogen) atoms. The molecule has 0 amide bonds. The van der Waals surface area contributed by atoms with Crippen LogP contribution in [0.15, 0.2) is 30.6 Å². The Bertz CT molecular complexity index is 1230. The molecule has 0 spiro atoms. The van der Waals surface area contributed by atoms with Gasteiger partial charge in [0.1, 0.15) is 11.6 Å². The number of carboxylic acid groups (broad SMARTS) is 1. The summed E-state index contributed by atoms with van der Waals surface area (Å²) in [5.74, 6) is 0.510. The number of nitrogens with one attached hydrogen (secondary N) is 1. The average molecular weight is 504 g/mol. The fraction of sp³-hybridized carbons (Fsp3) is 0.520. The van der Waals surface area contributed by atoms with E-state index in [0.717, 1.165) is 56.9 Å². The van der Waals surface area contributed by atoms with Crippen molar-refractivity contribution >= 4 is 23.0 Å². The SMILES string of the molecule is C[C@]1(C(=O)O)CC[C@@H](OC2CCN(c3ccc(-c4nc5ncc(C(F)(F)F)cc5[nH]4)cn3)CC2)CC1. The van der Waals surface area contributed by atoms with Crippen LogP contribution in [0.4, 0.5) is 19.0 Å². The fourth-order valence-electron chi connectivity index (χ4n) is 4.98. The van der Waals surface area contributed by atoms with Gasteiger partial charge in [-0.15, -0.1) is 0 Å². The van der Waals surface area contributed by atoms with Gasteiger partial charge in [0.25, 0.3) is 0 Å². The van der Waals surface area contributed by atoms with E-state index in [1.54, 1.807) is 6.20 Å². The second-order valence-corrected chi connectivity index (χ2v) is 9.97. The van der Waals surface area contributed by atoms with Crippen LogP contribution in [0.1, 0.15) is 51.0 Å².